The zero-order valence-corrected chi connectivity index (χ0v) is 20.9. The molecule has 5 rings (SSSR count). The Morgan fingerprint density at radius 2 is 1.78 bits per heavy atom. The van der Waals surface area contributed by atoms with Crippen molar-refractivity contribution in [3.8, 4) is 16.9 Å². The minimum atomic E-state index is -0.432. The van der Waals surface area contributed by atoms with Gasteiger partial charge in [0.25, 0.3) is 5.56 Å². The monoisotopic (exact) mass is 494 g/mol. The summed E-state index contributed by atoms with van der Waals surface area (Å²) in [5, 5.41) is 0.774. The fraction of sp³-hybridized carbons (Fsp3) is 0.233. The van der Waals surface area contributed by atoms with Gasteiger partial charge < -0.3 is 14.6 Å². The number of nitrogens with one attached hydrogen (secondary N) is 1. The highest BCUT2D eigenvalue weighted by atomic mass is 16.5. The first-order valence-corrected chi connectivity index (χ1v) is 12.5. The quantitative estimate of drug-likeness (QED) is 0.293. The fourth-order valence-electron chi connectivity index (χ4n) is 4.58. The van der Waals surface area contributed by atoms with Crippen LogP contribution in [-0.2, 0) is 0 Å². The third kappa shape index (κ3) is 5.85. The number of fused-ring (bicyclic) bond motifs is 1. The number of carbonyl (C=O) groups excluding carboxylic acids is 1. The van der Waals surface area contributed by atoms with E-state index in [2.05, 4.69) is 26.8 Å². The van der Waals surface area contributed by atoms with Gasteiger partial charge in [-0.3, -0.25) is 19.5 Å². The van der Waals surface area contributed by atoms with Gasteiger partial charge in [0.05, 0.1) is 17.3 Å². The fourth-order valence-corrected chi connectivity index (χ4v) is 4.58. The van der Waals surface area contributed by atoms with Crippen LogP contribution in [0.2, 0.25) is 0 Å². The number of H-pyrrole nitrogens is 1. The number of aromatic amines is 1. The number of hydrogen-bond acceptors (Lipinski definition) is 6. The molecule has 0 saturated carbocycles. The van der Waals surface area contributed by atoms with E-state index in [9.17, 15) is 9.59 Å². The van der Waals surface area contributed by atoms with Crippen molar-refractivity contribution in [2.75, 3.05) is 46.4 Å². The first-order valence-electron chi connectivity index (χ1n) is 12.5. The van der Waals surface area contributed by atoms with Gasteiger partial charge in [-0.15, -0.1) is 0 Å². The second kappa shape index (κ2) is 11.3. The number of rotatable bonds is 8. The van der Waals surface area contributed by atoms with Crippen molar-refractivity contribution >= 4 is 22.8 Å². The number of likely N-dealkylation sites (N-methyl/N-ethyl adjacent to an activating group) is 1. The molecule has 7 heteroatoms. The third-order valence-corrected chi connectivity index (χ3v) is 6.70. The highest BCUT2D eigenvalue weighted by Crippen LogP contribution is 2.29. The summed E-state index contributed by atoms with van der Waals surface area (Å²) in [7, 11) is 2.15. The lowest BCUT2D eigenvalue weighted by atomic mass is 9.94. The molecular weight excluding hydrogens is 464 g/mol. The van der Waals surface area contributed by atoms with Gasteiger partial charge >= 0.3 is 0 Å². The molecular formula is C30H30N4O3. The highest BCUT2D eigenvalue weighted by molar-refractivity contribution is 6.14. The average molecular weight is 495 g/mol. The smallest absolute Gasteiger partial charge is 0.260 e. The van der Waals surface area contributed by atoms with Gasteiger partial charge in [-0.05, 0) is 42.4 Å². The number of ether oxygens (including phenoxy) is 1. The standard InChI is InChI=1S/C30H30N4O3/c1-33-15-17-34(18-16-33)19-20-37-24-10-7-22(8-11-24)9-12-27(35)29-28(23-5-3-2-4-6-23)25-13-14-31-21-26(25)32-30(29)36/h2-14,21H,15-20H2,1H3,(H,32,36)/b12-9+. The van der Waals surface area contributed by atoms with Crippen LogP contribution in [0.15, 0.2) is 83.9 Å². The largest absolute Gasteiger partial charge is 0.492 e. The zero-order chi connectivity index (χ0) is 25.6. The molecule has 0 atom stereocenters. The molecule has 37 heavy (non-hydrogen) atoms. The summed E-state index contributed by atoms with van der Waals surface area (Å²) >= 11 is 0. The molecule has 2 aromatic heterocycles. The lowest BCUT2D eigenvalue weighted by Gasteiger charge is -2.32. The summed E-state index contributed by atoms with van der Waals surface area (Å²) < 4.78 is 5.91. The van der Waals surface area contributed by atoms with Crippen LogP contribution in [0.3, 0.4) is 0 Å². The maximum atomic E-state index is 13.3. The van der Waals surface area contributed by atoms with Crippen LogP contribution in [0, 0.1) is 0 Å². The van der Waals surface area contributed by atoms with E-state index in [1.807, 2.05) is 60.7 Å². The van der Waals surface area contributed by atoms with Crippen molar-refractivity contribution in [3.05, 3.63) is 101 Å². The Morgan fingerprint density at radius 1 is 1.03 bits per heavy atom. The van der Waals surface area contributed by atoms with E-state index in [1.165, 1.54) is 6.08 Å². The van der Waals surface area contributed by atoms with Crippen LogP contribution in [0.5, 0.6) is 5.75 Å². The van der Waals surface area contributed by atoms with E-state index < -0.39 is 5.56 Å². The van der Waals surface area contributed by atoms with E-state index in [0.29, 0.717) is 17.7 Å². The van der Waals surface area contributed by atoms with Crippen LogP contribution in [0.25, 0.3) is 28.1 Å². The lowest BCUT2D eigenvalue weighted by Crippen LogP contribution is -2.45. The van der Waals surface area contributed by atoms with Crippen molar-refractivity contribution in [3.63, 3.8) is 0 Å². The van der Waals surface area contributed by atoms with Gasteiger partial charge in [-0.1, -0.05) is 48.5 Å². The van der Waals surface area contributed by atoms with Crippen LogP contribution in [0.1, 0.15) is 15.9 Å². The first-order chi connectivity index (χ1) is 18.1. The number of pyridine rings is 2. The summed E-state index contributed by atoms with van der Waals surface area (Å²) in [6.07, 6.45) is 6.43. The number of piperazine rings is 1. The SMILES string of the molecule is CN1CCN(CCOc2ccc(/C=C/C(=O)c3c(-c4ccccc4)c4ccncc4[nH]c3=O)cc2)CC1. The van der Waals surface area contributed by atoms with Crippen LogP contribution in [0.4, 0.5) is 0 Å². The second-order valence-corrected chi connectivity index (χ2v) is 9.25. The Balaban J connectivity index is 1.30. The summed E-state index contributed by atoms with van der Waals surface area (Å²) in [6, 6.07) is 18.9. The van der Waals surface area contributed by atoms with Gasteiger partial charge in [0.1, 0.15) is 12.4 Å². The minimum absolute atomic E-state index is 0.116. The molecule has 1 aliphatic heterocycles. The number of nitrogens with zero attached hydrogens (tertiary/aromatic N) is 3. The molecule has 0 unspecified atom stereocenters. The molecule has 3 heterocycles. The van der Waals surface area contributed by atoms with Crippen molar-refractivity contribution in [2.45, 2.75) is 0 Å². The van der Waals surface area contributed by atoms with Gasteiger partial charge in [0.15, 0.2) is 5.78 Å². The minimum Gasteiger partial charge on any atom is -0.492 e. The van der Waals surface area contributed by atoms with Crippen molar-refractivity contribution < 1.29 is 9.53 Å². The molecule has 7 nitrogen and oxygen atoms in total. The Hall–Kier alpha value is -4.07. The van der Waals surface area contributed by atoms with Crippen LogP contribution < -0.4 is 10.3 Å². The molecule has 0 amide bonds. The third-order valence-electron chi connectivity index (χ3n) is 6.70. The topological polar surface area (TPSA) is 78.5 Å². The predicted molar refractivity (Wildman–Crippen MR) is 147 cm³/mol. The molecule has 0 spiro atoms. The predicted octanol–water partition coefficient (Wildman–Crippen LogP) is 4.11. The Labute approximate surface area is 216 Å². The normalized spacial score (nSPS) is 14.8. The molecule has 0 aliphatic carbocycles. The molecule has 1 N–H and O–H groups in total. The number of ketones is 1. The zero-order valence-electron chi connectivity index (χ0n) is 20.9. The summed E-state index contributed by atoms with van der Waals surface area (Å²) in [4.78, 5) is 38.0. The molecule has 2 aromatic carbocycles. The van der Waals surface area contributed by atoms with Gasteiger partial charge in [-0.2, -0.15) is 0 Å². The number of allylic oxidation sites excluding steroid dienone is 1. The molecule has 0 radical (unpaired) electrons. The highest BCUT2D eigenvalue weighted by Gasteiger charge is 2.19. The Morgan fingerprint density at radius 3 is 2.54 bits per heavy atom. The number of benzene rings is 2. The first kappa shape index (κ1) is 24.6. The second-order valence-electron chi connectivity index (χ2n) is 9.25. The van der Waals surface area contributed by atoms with Crippen molar-refractivity contribution in [2.24, 2.45) is 0 Å². The Bertz CT molecular complexity index is 1450. The van der Waals surface area contributed by atoms with E-state index in [4.69, 9.17) is 4.74 Å². The van der Waals surface area contributed by atoms with Crippen LogP contribution >= 0.6 is 0 Å². The van der Waals surface area contributed by atoms with E-state index in [1.54, 1.807) is 18.5 Å². The van der Waals surface area contributed by atoms with Crippen molar-refractivity contribution in [1.29, 1.82) is 0 Å². The molecule has 0 bridgehead atoms. The Kier molecular flexibility index (Phi) is 7.54. The number of hydrogen-bond donors (Lipinski definition) is 1. The molecule has 1 aliphatic rings. The number of aromatic nitrogens is 2. The van der Waals surface area contributed by atoms with Gasteiger partial charge in [0.2, 0.25) is 0 Å². The van der Waals surface area contributed by atoms with E-state index >= 15 is 0 Å². The summed E-state index contributed by atoms with van der Waals surface area (Å²) in [5.41, 5.74) is 2.54. The summed E-state index contributed by atoms with van der Waals surface area (Å²) in [6.45, 7) is 5.87. The maximum absolute atomic E-state index is 13.3. The van der Waals surface area contributed by atoms with E-state index in [-0.39, 0.29) is 11.3 Å². The number of carbonyl (C=O) groups is 1. The van der Waals surface area contributed by atoms with Crippen LogP contribution in [-0.4, -0.2) is 71.9 Å². The molecule has 1 saturated heterocycles. The summed E-state index contributed by atoms with van der Waals surface area (Å²) in [5.74, 6) is 0.440. The van der Waals surface area contributed by atoms with Crippen molar-refractivity contribution in [1.82, 2.24) is 19.8 Å². The lowest BCUT2D eigenvalue weighted by molar-refractivity contribution is 0.104. The molecule has 1 fully saturated rings. The van der Waals surface area contributed by atoms with Gasteiger partial charge in [0, 0.05) is 49.9 Å². The van der Waals surface area contributed by atoms with Gasteiger partial charge in [-0.25, -0.2) is 0 Å². The maximum Gasteiger partial charge on any atom is 0.260 e. The van der Waals surface area contributed by atoms with E-state index in [0.717, 1.165) is 55.0 Å². The molecule has 188 valence electrons. The molecule has 4 aromatic rings. The average Bonchev–Trinajstić information content (AvgIpc) is 2.93.